The Balaban J connectivity index is 2.22. The topological polar surface area (TPSA) is 46.2 Å². The zero-order chi connectivity index (χ0) is 15.7. The molecule has 7 heteroatoms. The number of sulfonamides is 1. The number of hydrogen-bond acceptors (Lipinski definition) is 2. The van der Waals surface area contributed by atoms with Crippen LogP contribution in [0, 0.1) is 0 Å². The summed E-state index contributed by atoms with van der Waals surface area (Å²) in [6.45, 7) is 0.725. The monoisotopic (exact) mass is 337 g/mol. The third kappa shape index (κ3) is 4.14. The first kappa shape index (κ1) is 16.6. The van der Waals surface area contributed by atoms with Crippen molar-refractivity contribution in [2.24, 2.45) is 0 Å². The summed E-state index contributed by atoms with van der Waals surface area (Å²) >= 11 is 5.79. The Morgan fingerprint density at radius 2 is 1.86 bits per heavy atom. The van der Waals surface area contributed by atoms with Gasteiger partial charge in [-0.3, -0.25) is 0 Å². The predicted molar refractivity (Wildman–Crippen MR) is 78.2 cm³/mol. The number of benzene rings is 1. The van der Waals surface area contributed by atoms with Gasteiger partial charge >= 0.3 is 0 Å². The van der Waals surface area contributed by atoms with E-state index in [4.69, 9.17) is 11.6 Å². The molecule has 0 heterocycles. The molecule has 0 bridgehead atoms. The lowest BCUT2D eigenvalue weighted by atomic mass is 9.96. The van der Waals surface area contributed by atoms with E-state index in [-0.39, 0.29) is 21.5 Å². The maximum Gasteiger partial charge on any atom is 0.271 e. The molecule has 0 aliphatic heterocycles. The highest BCUT2D eigenvalue weighted by atomic mass is 35.5. The van der Waals surface area contributed by atoms with E-state index in [1.807, 2.05) is 0 Å². The summed E-state index contributed by atoms with van der Waals surface area (Å²) in [5.74, 6) is -3.10. The zero-order valence-electron chi connectivity index (χ0n) is 11.7. The molecule has 2 rings (SSSR count). The molecule has 1 fully saturated rings. The lowest BCUT2D eigenvalue weighted by Crippen LogP contribution is -2.36. The van der Waals surface area contributed by atoms with Crippen LogP contribution < -0.4 is 4.72 Å². The van der Waals surface area contributed by atoms with Crippen molar-refractivity contribution in [2.45, 2.75) is 55.9 Å². The minimum Gasteiger partial charge on any atom is -0.208 e. The van der Waals surface area contributed by atoms with Crippen molar-refractivity contribution in [2.75, 3.05) is 0 Å². The molecule has 3 nitrogen and oxygen atoms in total. The Bertz CT molecular complexity index is 608. The summed E-state index contributed by atoms with van der Waals surface area (Å²) in [6.07, 6.45) is 4.71. The van der Waals surface area contributed by atoms with Crippen LogP contribution in [-0.4, -0.2) is 14.5 Å². The molecule has 0 atom stereocenters. The zero-order valence-corrected chi connectivity index (χ0v) is 13.3. The van der Waals surface area contributed by atoms with Crippen LogP contribution >= 0.6 is 11.6 Å². The Hall–Kier alpha value is -0.720. The van der Waals surface area contributed by atoms with Crippen LogP contribution in [0.15, 0.2) is 23.1 Å². The third-order valence-electron chi connectivity index (χ3n) is 3.65. The van der Waals surface area contributed by atoms with Gasteiger partial charge in [-0.2, -0.15) is 0 Å². The Morgan fingerprint density at radius 1 is 1.24 bits per heavy atom. The van der Waals surface area contributed by atoms with Gasteiger partial charge in [0.25, 0.3) is 5.92 Å². The summed E-state index contributed by atoms with van der Waals surface area (Å²) in [4.78, 5) is -0.0777. The highest BCUT2D eigenvalue weighted by Gasteiger charge is 2.29. The number of halogens is 3. The molecular formula is C14H18ClF2NO2S. The lowest BCUT2D eigenvalue weighted by Gasteiger charge is -2.23. The Labute approximate surface area is 128 Å². The first-order valence-electron chi connectivity index (χ1n) is 6.90. The van der Waals surface area contributed by atoms with Crippen molar-refractivity contribution < 1.29 is 17.2 Å². The van der Waals surface area contributed by atoms with E-state index in [9.17, 15) is 17.2 Å². The summed E-state index contributed by atoms with van der Waals surface area (Å²) < 4.78 is 53.7. The van der Waals surface area contributed by atoms with Crippen molar-refractivity contribution in [1.29, 1.82) is 0 Å². The molecule has 1 aromatic rings. The summed E-state index contributed by atoms with van der Waals surface area (Å²) in [5.41, 5.74) is -0.374. The number of alkyl halides is 2. The minimum absolute atomic E-state index is 0.0777. The molecule has 0 saturated heterocycles. The van der Waals surface area contributed by atoms with Crippen LogP contribution in [0.3, 0.4) is 0 Å². The van der Waals surface area contributed by atoms with Crippen molar-refractivity contribution in [3.8, 4) is 0 Å². The van der Waals surface area contributed by atoms with Crippen LogP contribution in [0.5, 0.6) is 0 Å². The molecule has 0 aromatic heterocycles. The molecule has 1 aliphatic rings. The minimum atomic E-state index is -3.72. The number of nitrogens with one attached hydrogen (secondary N) is 1. The van der Waals surface area contributed by atoms with Crippen LogP contribution in [0.1, 0.15) is 44.6 Å². The molecule has 0 amide bonds. The highest BCUT2D eigenvalue weighted by Crippen LogP contribution is 2.34. The van der Waals surface area contributed by atoms with Gasteiger partial charge in [0.2, 0.25) is 10.0 Å². The van der Waals surface area contributed by atoms with Crippen molar-refractivity contribution in [3.05, 3.63) is 28.8 Å². The van der Waals surface area contributed by atoms with E-state index in [1.54, 1.807) is 0 Å². The second-order valence-electron chi connectivity index (χ2n) is 5.49. The standard InChI is InChI=1S/C14H18ClF2NO2S/c1-14(16,17)12-8-7-11(9-13(12)15)21(19,20)18-10-5-3-2-4-6-10/h7-10,18H,2-6H2,1H3. The molecule has 118 valence electrons. The smallest absolute Gasteiger partial charge is 0.208 e. The molecule has 21 heavy (non-hydrogen) atoms. The van der Waals surface area contributed by atoms with Gasteiger partial charge in [-0.15, -0.1) is 0 Å². The van der Waals surface area contributed by atoms with E-state index in [0.717, 1.165) is 51.2 Å². The van der Waals surface area contributed by atoms with Crippen molar-refractivity contribution in [3.63, 3.8) is 0 Å². The SMILES string of the molecule is CC(F)(F)c1ccc(S(=O)(=O)NC2CCCCC2)cc1Cl. The Kier molecular flexibility index (Phi) is 4.90. The van der Waals surface area contributed by atoms with E-state index in [0.29, 0.717) is 0 Å². The first-order valence-corrected chi connectivity index (χ1v) is 8.76. The van der Waals surface area contributed by atoms with Gasteiger partial charge in [0.1, 0.15) is 0 Å². The molecule has 0 radical (unpaired) electrons. The van der Waals surface area contributed by atoms with Crippen LogP contribution in [0.2, 0.25) is 5.02 Å². The average molecular weight is 338 g/mol. The molecule has 0 spiro atoms. The van der Waals surface area contributed by atoms with Gasteiger partial charge in [0.15, 0.2) is 0 Å². The first-order chi connectivity index (χ1) is 9.70. The van der Waals surface area contributed by atoms with Gasteiger partial charge in [-0.25, -0.2) is 21.9 Å². The fraction of sp³-hybridized carbons (Fsp3) is 0.571. The van der Waals surface area contributed by atoms with E-state index in [1.165, 1.54) is 6.07 Å². The van der Waals surface area contributed by atoms with Gasteiger partial charge in [-0.05, 0) is 25.0 Å². The maximum absolute atomic E-state index is 13.3. The summed E-state index contributed by atoms with van der Waals surface area (Å²) in [6, 6.07) is 3.23. The predicted octanol–water partition coefficient (Wildman–Crippen LogP) is 4.06. The average Bonchev–Trinajstić information content (AvgIpc) is 2.37. The Morgan fingerprint density at radius 3 is 2.38 bits per heavy atom. The fourth-order valence-corrected chi connectivity index (χ4v) is 4.27. The lowest BCUT2D eigenvalue weighted by molar-refractivity contribution is 0.0175. The molecular weight excluding hydrogens is 320 g/mol. The fourth-order valence-electron chi connectivity index (χ4n) is 2.53. The normalized spacial score (nSPS) is 17.9. The van der Waals surface area contributed by atoms with Crippen LogP contribution in [0.4, 0.5) is 8.78 Å². The summed E-state index contributed by atoms with van der Waals surface area (Å²) in [7, 11) is -3.72. The van der Waals surface area contributed by atoms with E-state index in [2.05, 4.69) is 4.72 Å². The number of hydrogen-bond donors (Lipinski definition) is 1. The maximum atomic E-state index is 13.3. The molecule has 1 saturated carbocycles. The van der Waals surface area contributed by atoms with Crippen molar-refractivity contribution >= 4 is 21.6 Å². The molecule has 1 aliphatic carbocycles. The van der Waals surface area contributed by atoms with E-state index < -0.39 is 15.9 Å². The van der Waals surface area contributed by atoms with E-state index >= 15 is 0 Å². The quantitative estimate of drug-likeness (QED) is 0.900. The summed E-state index contributed by atoms with van der Waals surface area (Å²) in [5, 5.41) is -0.242. The van der Waals surface area contributed by atoms with Gasteiger partial charge in [0.05, 0.1) is 9.92 Å². The van der Waals surface area contributed by atoms with Crippen molar-refractivity contribution in [1.82, 2.24) is 4.72 Å². The van der Waals surface area contributed by atoms with Gasteiger partial charge in [0, 0.05) is 18.5 Å². The highest BCUT2D eigenvalue weighted by molar-refractivity contribution is 7.89. The van der Waals surface area contributed by atoms with Gasteiger partial charge < -0.3 is 0 Å². The molecule has 1 N–H and O–H groups in total. The third-order valence-corrected chi connectivity index (χ3v) is 5.48. The van der Waals surface area contributed by atoms with Gasteiger partial charge in [-0.1, -0.05) is 36.9 Å². The second-order valence-corrected chi connectivity index (χ2v) is 7.61. The largest absolute Gasteiger partial charge is 0.271 e. The van der Waals surface area contributed by atoms with Crippen LogP contribution in [-0.2, 0) is 15.9 Å². The van der Waals surface area contributed by atoms with Crippen LogP contribution in [0.25, 0.3) is 0 Å². The molecule has 0 unspecified atom stereocenters. The molecule has 1 aromatic carbocycles. The second kappa shape index (κ2) is 6.18. The number of rotatable bonds is 4.